The minimum atomic E-state index is -0.838. The fourth-order valence-corrected chi connectivity index (χ4v) is 2.80. The van der Waals surface area contributed by atoms with Gasteiger partial charge < -0.3 is 15.7 Å². The molecule has 3 aromatic heterocycles. The second-order valence-corrected chi connectivity index (χ2v) is 7.72. The normalized spacial score (nSPS) is 11.8. The van der Waals surface area contributed by atoms with E-state index in [1.807, 2.05) is 26.0 Å². The molecule has 0 radical (unpaired) electrons. The summed E-state index contributed by atoms with van der Waals surface area (Å²) in [5, 5.41) is 22.8. The number of hydrogen-bond donors (Lipinski definition) is 4. The zero-order valence-electron chi connectivity index (χ0n) is 16.6. The second-order valence-electron chi connectivity index (χ2n) is 7.72. The number of hydrogen-bond acceptors (Lipinski definition) is 6. The standard InChI is InChI=1S/C20H26N6O2/c1-12(2)25-17-14(19(27)21-8-7-20(3,4)28)11-22-16-6-5-15(26-18(16)17)13-9-23-24-10-13/h5-6,9-12,28H,7-8H2,1-4H3,(H,21,27)(H,22,25)(H,23,24). The van der Waals surface area contributed by atoms with E-state index in [1.165, 1.54) is 0 Å². The van der Waals surface area contributed by atoms with Crippen LogP contribution in [0.3, 0.4) is 0 Å². The van der Waals surface area contributed by atoms with E-state index in [0.29, 0.717) is 35.2 Å². The summed E-state index contributed by atoms with van der Waals surface area (Å²) in [6.07, 6.45) is 5.48. The lowest BCUT2D eigenvalue weighted by Crippen LogP contribution is -2.31. The number of nitrogens with zero attached hydrogens (tertiary/aromatic N) is 3. The molecule has 3 heterocycles. The third-order valence-corrected chi connectivity index (χ3v) is 4.21. The van der Waals surface area contributed by atoms with Gasteiger partial charge in [-0.3, -0.25) is 14.9 Å². The first-order valence-corrected chi connectivity index (χ1v) is 9.30. The summed E-state index contributed by atoms with van der Waals surface area (Å²) in [5.41, 5.74) is 3.16. The fraction of sp³-hybridized carbons (Fsp3) is 0.400. The summed E-state index contributed by atoms with van der Waals surface area (Å²) in [7, 11) is 0. The van der Waals surface area contributed by atoms with Crippen molar-refractivity contribution in [2.24, 2.45) is 0 Å². The van der Waals surface area contributed by atoms with Gasteiger partial charge in [0.2, 0.25) is 0 Å². The third-order valence-electron chi connectivity index (χ3n) is 4.21. The smallest absolute Gasteiger partial charge is 0.255 e. The topological polar surface area (TPSA) is 116 Å². The molecule has 3 aromatic rings. The van der Waals surface area contributed by atoms with E-state index in [9.17, 15) is 9.90 Å². The van der Waals surface area contributed by atoms with Crippen LogP contribution in [0.4, 0.5) is 5.69 Å². The van der Waals surface area contributed by atoms with Crippen LogP contribution in [0.15, 0.2) is 30.7 Å². The van der Waals surface area contributed by atoms with Crippen molar-refractivity contribution in [3.8, 4) is 11.3 Å². The van der Waals surface area contributed by atoms with Gasteiger partial charge in [-0.2, -0.15) is 5.10 Å². The Morgan fingerprint density at radius 1 is 1.29 bits per heavy atom. The Kier molecular flexibility index (Phi) is 5.60. The monoisotopic (exact) mass is 382 g/mol. The lowest BCUT2D eigenvalue weighted by Gasteiger charge is -2.19. The number of carbonyl (C=O) groups is 1. The van der Waals surface area contributed by atoms with Crippen LogP contribution in [-0.4, -0.2) is 49.4 Å². The van der Waals surface area contributed by atoms with Crippen LogP contribution in [0.5, 0.6) is 0 Å². The van der Waals surface area contributed by atoms with Gasteiger partial charge in [0, 0.05) is 30.5 Å². The Hall–Kier alpha value is -3.00. The van der Waals surface area contributed by atoms with E-state index in [-0.39, 0.29) is 11.9 Å². The van der Waals surface area contributed by atoms with Crippen molar-refractivity contribution in [1.82, 2.24) is 25.5 Å². The first-order chi connectivity index (χ1) is 13.2. The van der Waals surface area contributed by atoms with Crippen molar-refractivity contribution in [3.05, 3.63) is 36.3 Å². The molecular formula is C20H26N6O2. The molecule has 0 spiro atoms. The SMILES string of the molecule is CC(C)Nc1c(C(=O)NCCC(C)(C)O)cnc2ccc(-c3cn[nH]c3)nc12. The molecule has 28 heavy (non-hydrogen) atoms. The molecule has 0 unspecified atom stereocenters. The summed E-state index contributed by atoms with van der Waals surface area (Å²) in [5.74, 6) is -0.252. The van der Waals surface area contributed by atoms with Gasteiger partial charge in [-0.25, -0.2) is 4.98 Å². The average Bonchev–Trinajstić information content (AvgIpc) is 3.14. The van der Waals surface area contributed by atoms with Gasteiger partial charge in [-0.15, -0.1) is 0 Å². The van der Waals surface area contributed by atoms with Crippen molar-refractivity contribution in [3.63, 3.8) is 0 Å². The van der Waals surface area contributed by atoms with E-state index >= 15 is 0 Å². The van der Waals surface area contributed by atoms with E-state index in [0.717, 1.165) is 11.3 Å². The van der Waals surface area contributed by atoms with Crippen LogP contribution in [0.25, 0.3) is 22.3 Å². The van der Waals surface area contributed by atoms with Crippen LogP contribution in [0.1, 0.15) is 44.5 Å². The highest BCUT2D eigenvalue weighted by Gasteiger charge is 2.19. The second kappa shape index (κ2) is 7.93. The Bertz CT molecular complexity index is 961. The van der Waals surface area contributed by atoms with Crippen LogP contribution in [0, 0.1) is 0 Å². The number of H-pyrrole nitrogens is 1. The molecule has 0 atom stereocenters. The number of aromatic nitrogens is 4. The number of carbonyl (C=O) groups excluding carboxylic acids is 1. The molecule has 8 nitrogen and oxygen atoms in total. The molecule has 148 valence electrons. The Morgan fingerprint density at radius 3 is 2.71 bits per heavy atom. The van der Waals surface area contributed by atoms with Crippen molar-refractivity contribution in [2.75, 3.05) is 11.9 Å². The highest BCUT2D eigenvalue weighted by Crippen LogP contribution is 2.28. The highest BCUT2D eigenvalue weighted by atomic mass is 16.3. The maximum Gasteiger partial charge on any atom is 0.255 e. The van der Waals surface area contributed by atoms with Gasteiger partial charge in [0.15, 0.2) is 0 Å². The van der Waals surface area contributed by atoms with Gasteiger partial charge in [0.25, 0.3) is 5.91 Å². The maximum atomic E-state index is 12.8. The number of nitrogens with one attached hydrogen (secondary N) is 3. The van der Waals surface area contributed by atoms with Crippen molar-refractivity contribution >= 4 is 22.6 Å². The summed E-state index contributed by atoms with van der Waals surface area (Å²) in [6, 6.07) is 3.86. The molecule has 0 aromatic carbocycles. The van der Waals surface area contributed by atoms with Gasteiger partial charge in [-0.05, 0) is 46.2 Å². The largest absolute Gasteiger partial charge is 0.390 e. The van der Waals surface area contributed by atoms with Gasteiger partial charge in [0.05, 0.1) is 34.3 Å². The molecule has 8 heteroatoms. The lowest BCUT2D eigenvalue weighted by molar-refractivity contribution is 0.0693. The minimum absolute atomic E-state index is 0.105. The zero-order chi connectivity index (χ0) is 20.3. The van der Waals surface area contributed by atoms with Crippen molar-refractivity contribution in [2.45, 2.75) is 45.8 Å². The van der Waals surface area contributed by atoms with Gasteiger partial charge in [-0.1, -0.05) is 0 Å². The van der Waals surface area contributed by atoms with Crippen LogP contribution < -0.4 is 10.6 Å². The van der Waals surface area contributed by atoms with Crippen molar-refractivity contribution < 1.29 is 9.90 Å². The first-order valence-electron chi connectivity index (χ1n) is 9.30. The number of fused-ring (bicyclic) bond motifs is 1. The fourth-order valence-electron chi connectivity index (χ4n) is 2.80. The summed E-state index contributed by atoms with van der Waals surface area (Å²) < 4.78 is 0. The number of rotatable bonds is 7. The van der Waals surface area contributed by atoms with Gasteiger partial charge >= 0.3 is 0 Å². The minimum Gasteiger partial charge on any atom is -0.390 e. The maximum absolute atomic E-state index is 12.8. The number of aromatic amines is 1. The number of amides is 1. The Balaban J connectivity index is 2.00. The molecule has 0 aliphatic heterocycles. The highest BCUT2D eigenvalue weighted by molar-refractivity contribution is 6.06. The molecule has 1 amide bonds. The summed E-state index contributed by atoms with van der Waals surface area (Å²) >= 11 is 0. The molecule has 0 saturated heterocycles. The number of pyridine rings is 2. The van der Waals surface area contributed by atoms with Gasteiger partial charge in [0.1, 0.15) is 5.52 Å². The molecule has 0 aliphatic rings. The molecule has 0 bridgehead atoms. The zero-order valence-corrected chi connectivity index (χ0v) is 16.6. The summed E-state index contributed by atoms with van der Waals surface area (Å²) in [4.78, 5) is 21.9. The lowest BCUT2D eigenvalue weighted by atomic mass is 10.1. The van der Waals surface area contributed by atoms with Crippen LogP contribution >= 0.6 is 0 Å². The third kappa shape index (κ3) is 4.64. The average molecular weight is 382 g/mol. The molecule has 0 fully saturated rings. The summed E-state index contributed by atoms with van der Waals surface area (Å²) in [6.45, 7) is 7.79. The quantitative estimate of drug-likeness (QED) is 0.499. The molecule has 0 aliphatic carbocycles. The number of anilines is 1. The number of aliphatic hydroxyl groups is 1. The Morgan fingerprint density at radius 2 is 2.07 bits per heavy atom. The predicted octanol–water partition coefficient (Wildman–Crippen LogP) is 2.73. The molecule has 3 rings (SSSR count). The van der Waals surface area contributed by atoms with Crippen molar-refractivity contribution in [1.29, 1.82) is 0 Å². The van der Waals surface area contributed by atoms with E-state index in [4.69, 9.17) is 4.98 Å². The first kappa shape index (κ1) is 19.8. The molecule has 0 saturated carbocycles. The predicted molar refractivity (Wildman–Crippen MR) is 109 cm³/mol. The Labute approximate surface area is 163 Å². The van der Waals surface area contributed by atoms with Crippen LogP contribution in [-0.2, 0) is 0 Å². The van der Waals surface area contributed by atoms with Crippen LogP contribution in [0.2, 0.25) is 0 Å². The van der Waals surface area contributed by atoms with E-state index in [2.05, 4.69) is 25.8 Å². The molecule has 4 N–H and O–H groups in total. The van der Waals surface area contributed by atoms with E-state index in [1.54, 1.807) is 32.4 Å². The molecular weight excluding hydrogens is 356 g/mol. The van der Waals surface area contributed by atoms with E-state index < -0.39 is 5.60 Å².